The Balaban J connectivity index is 2.24. The number of rotatable bonds is 1. The fraction of sp³-hybridized carbons (Fsp3) is 0.462. The minimum atomic E-state index is -0.361. The number of hydrogen-bond donors (Lipinski definition) is 1. The number of nitrogens with two attached hydrogens (primary N) is 1. The largest absolute Gasteiger partial charge is 0.379 e. The lowest BCUT2D eigenvalue weighted by molar-refractivity contribution is 0.177. The summed E-state index contributed by atoms with van der Waals surface area (Å²) in [6.45, 7) is 3.05. The van der Waals surface area contributed by atoms with E-state index in [1.807, 2.05) is 24.6 Å². The van der Waals surface area contributed by atoms with Crippen molar-refractivity contribution in [1.29, 1.82) is 0 Å². The first-order chi connectivity index (χ1) is 8.54. The molecule has 2 atom stereocenters. The monoisotopic (exact) mass is 249 g/mol. The van der Waals surface area contributed by atoms with Crippen LogP contribution in [0, 0.1) is 5.82 Å². The van der Waals surface area contributed by atoms with Gasteiger partial charge in [-0.1, -0.05) is 6.07 Å². The Kier molecular flexibility index (Phi) is 2.43. The molecule has 0 saturated carbocycles. The molecule has 5 heteroatoms. The molecule has 1 saturated heterocycles. The van der Waals surface area contributed by atoms with Gasteiger partial charge < -0.3 is 15.0 Å². The Labute approximate surface area is 105 Å². The second-order valence-electron chi connectivity index (χ2n) is 5.14. The number of ether oxygens (including phenoxy) is 1. The maximum Gasteiger partial charge on any atom is 0.151 e. The summed E-state index contributed by atoms with van der Waals surface area (Å²) in [5, 5.41) is 0. The molecule has 18 heavy (non-hydrogen) atoms. The van der Waals surface area contributed by atoms with E-state index in [1.54, 1.807) is 6.07 Å². The first-order valence-electron chi connectivity index (χ1n) is 5.99. The van der Waals surface area contributed by atoms with E-state index < -0.39 is 0 Å². The topological polar surface area (TPSA) is 53.1 Å². The van der Waals surface area contributed by atoms with E-state index in [4.69, 9.17) is 10.5 Å². The molecule has 0 radical (unpaired) electrons. The van der Waals surface area contributed by atoms with Gasteiger partial charge in [-0.25, -0.2) is 9.37 Å². The van der Waals surface area contributed by atoms with Crippen molar-refractivity contribution >= 4 is 11.0 Å². The lowest BCUT2D eigenvalue weighted by Gasteiger charge is -2.26. The highest BCUT2D eigenvalue weighted by Crippen LogP contribution is 2.33. The van der Waals surface area contributed by atoms with E-state index in [-0.39, 0.29) is 17.3 Å². The van der Waals surface area contributed by atoms with Gasteiger partial charge in [-0.2, -0.15) is 0 Å². The van der Waals surface area contributed by atoms with Gasteiger partial charge in [0, 0.05) is 13.1 Å². The summed E-state index contributed by atoms with van der Waals surface area (Å²) in [6, 6.07) is 4.86. The summed E-state index contributed by atoms with van der Waals surface area (Å²) < 4.78 is 21.1. The van der Waals surface area contributed by atoms with Crippen LogP contribution in [0.3, 0.4) is 0 Å². The summed E-state index contributed by atoms with van der Waals surface area (Å²) >= 11 is 0. The van der Waals surface area contributed by atoms with Gasteiger partial charge in [0.25, 0.3) is 0 Å². The number of aromatic nitrogens is 2. The standard InChI is InChI=1S/C13H16FN3O/c1-13(7-18-6-10(13)15)12-16-11-8(14)4-3-5-9(11)17(12)2/h3-5,10H,6-7,15H2,1-2H3. The van der Waals surface area contributed by atoms with Crippen LogP contribution in [0.2, 0.25) is 0 Å². The number of fused-ring (bicyclic) bond motifs is 1. The van der Waals surface area contributed by atoms with Crippen molar-refractivity contribution in [3.8, 4) is 0 Å². The third-order valence-corrected chi connectivity index (χ3v) is 3.89. The first-order valence-corrected chi connectivity index (χ1v) is 5.99. The Morgan fingerprint density at radius 3 is 2.94 bits per heavy atom. The molecule has 0 bridgehead atoms. The number of para-hydroxylation sites is 1. The molecule has 0 spiro atoms. The summed E-state index contributed by atoms with van der Waals surface area (Å²) in [4.78, 5) is 4.44. The normalized spacial score (nSPS) is 28.1. The molecule has 2 unspecified atom stereocenters. The zero-order valence-corrected chi connectivity index (χ0v) is 10.5. The minimum absolute atomic E-state index is 0.115. The number of halogens is 1. The minimum Gasteiger partial charge on any atom is -0.379 e. The molecule has 2 aromatic rings. The highest BCUT2D eigenvalue weighted by molar-refractivity contribution is 5.76. The highest BCUT2D eigenvalue weighted by Gasteiger charge is 2.42. The number of nitrogens with zero attached hydrogens (tertiary/aromatic N) is 2. The molecule has 0 amide bonds. The molecule has 3 rings (SSSR count). The van der Waals surface area contributed by atoms with Crippen molar-refractivity contribution < 1.29 is 9.13 Å². The van der Waals surface area contributed by atoms with Crippen molar-refractivity contribution in [2.75, 3.05) is 13.2 Å². The van der Waals surface area contributed by atoms with Gasteiger partial charge in [-0.05, 0) is 19.1 Å². The van der Waals surface area contributed by atoms with Crippen LogP contribution in [-0.2, 0) is 17.2 Å². The number of hydrogen-bond acceptors (Lipinski definition) is 3. The Hall–Kier alpha value is -1.46. The van der Waals surface area contributed by atoms with Gasteiger partial charge in [0.05, 0.1) is 24.1 Å². The van der Waals surface area contributed by atoms with E-state index >= 15 is 0 Å². The van der Waals surface area contributed by atoms with Gasteiger partial charge in [-0.15, -0.1) is 0 Å². The van der Waals surface area contributed by atoms with Crippen LogP contribution in [0.5, 0.6) is 0 Å². The fourth-order valence-corrected chi connectivity index (χ4v) is 2.61. The average Bonchev–Trinajstić information content (AvgIpc) is 2.84. The first kappa shape index (κ1) is 11.6. The van der Waals surface area contributed by atoms with E-state index in [1.165, 1.54) is 6.07 Å². The molecular weight excluding hydrogens is 233 g/mol. The SMILES string of the molecule is Cn1c(C2(C)COCC2N)nc2c(F)cccc21. The van der Waals surface area contributed by atoms with E-state index in [2.05, 4.69) is 4.98 Å². The van der Waals surface area contributed by atoms with Gasteiger partial charge in [0.15, 0.2) is 5.82 Å². The van der Waals surface area contributed by atoms with Crippen molar-refractivity contribution in [1.82, 2.24) is 9.55 Å². The number of aryl methyl sites for hydroxylation is 1. The lowest BCUT2D eigenvalue weighted by atomic mass is 9.85. The molecule has 1 aliphatic heterocycles. The van der Waals surface area contributed by atoms with Crippen LogP contribution in [0.15, 0.2) is 18.2 Å². The maximum absolute atomic E-state index is 13.8. The van der Waals surface area contributed by atoms with Crippen LogP contribution >= 0.6 is 0 Å². The molecule has 1 aliphatic rings. The smallest absolute Gasteiger partial charge is 0.151 e. The fourth-order valence-electron chi connectivity index (χ4n) is 2.61. The highest BCUT2D eigenvalue weighted by atomic mass is 19.1. The maximum atomic E-state index is 13.8. The molecule has 4 nitrogen and oxygen atoms in total. The Morgan fingerprint density at radius 2 is 2.33 bits per heavy atom. The quantitative estimate of drug-likeness (QED) is 0.829. The second-order valence-corrected chi connectivity index (χ2v) is 5.14. The zero-order chi connectivity index (χ0) is 12.9. The predicted octanol–water partition coefficient (Wildman–Crippen LogP) is 1.33. The van der Waals surface area contributed by atoms with Gasteiger partial charge >= 0.3 is 0 Å². The van der Waals surface area contributed by atoms with E-state index in [0.29, 0.717) is 18.7 Å². The molecule has 2 N–H and O–H groups in total. The molecule has 1 aromatic carbocycles. The number of imidazole rings is 1. The van der Waals surface area contributed by atoms with Gasteiger partial charge in [0.1, 0.15) is 11.3 Å². The van der Waals surface area contributed by atoms with Gasteiger partial charge in [-0.3, -0.25) is 0 Å². The van der Waals surface area contributed by atoms with E-state index in [9.17, 15) is 4.39 Å². The van der Waals surface area contributed by atoms with Gasteiger partial charge in [0.2, 0.25) is 0 Å². The average molecular weight is 249 g/mol. The molecule has 96 valence electrons. The van der Waals surface area contributed by atoms with Crippen LogP contribution in [0.25, 0.3) is 11.0 Å². The molecule has 1 aromatic heterocycles. The Morgan fingerprint density at radius 1 is 1.56 bits per heavy atom. The summed E-state index contributed by atoms with van der Waals surface area (Å²) in [7, 11) is 1.89. The number of benzene rings is 1. The summed E-state index contributed by atoms with van der Waals surface area (Å²) in [5.41, 5.74) is 6.92. The van der Waals surface area contributed by atoms with Crippen molar-refractivity contribution in [2.24, 2.45) is 12.8 Å². The van der Waals surface area contributed by atoms with Crippen LogP contribution in [0.1, 0.15) is 12.7 Å². The Bertz CT molecular complexity index is 610. The van der Waals surface area contributed by atoms with Crippen LogP contribution in [-0.4, -0.2) is 28.8 Å². The third-order valence-electron chi connectivity index (χ3n) is 3.89. The predicted molar refractivity (Wildman–Crippen MR) is 66.8 cm³/mol. The molecule has 2 heterocycles. The van der Waals surface area contributed by atoms with Crippen LogP contribution < -0.4 is 5.73 Å². The zero-order valence-electron chi connectivity index (χ0n) is 10.5. The van der Waals surface area contributed by atoms with Crippen molar-refractivity contribution in [3.63, 3.8) is 0 Å². The molecule has 1 fully saturated rings. The molecule has 0 aliphatic carbocycles. The van der Waals surface area contributed by atoms with Crippen molar-refractivity contribution in [3.05, 3.63) is 29.8 Å². The summed E-state index contributed by atoms with van der Waals surface area (Å²) in [5.74, 6) is 0.484. The third kappa shape index (κ3) is 1.41. The second kappa shape index (κ2) is 3.76. The lowest BCUT2D eigenvalue weighted by Crippen LogP contribution is -2.43. The van der Waals surface area contributed by atoms with Crippen LogP contribution in [0.4, 0.5) is 4.39 Å². The molecular formula is C13H16FN3O. The van der Waals surface area contributed by atoms with E-state index in [0.717, 1.165) is 11.3 Å². The van der Waals surface area contributed by atoms with Crippen molar-refractivity contribution in [2.45, 2.75) is 18.4 Å². The summed E-state index contributed by atoms with van der Waals surface area (Å²) in [6.07, 6.45) is 0.